The van der Waals surface area contributed by atoms with Gasteiger partial charge in [-0.2, -0.15) is 0 Å². The molecule has 25 heavy (non-hydrogen) atoms. The fraction of sp³-hybridized carbons (Fsp3) is 0.429. The lowest BCUT2D eigenvalue weighted by atomic mass is 9.79. The molecule has 1 aliphatic carbocycles. The van der Waals surface area contributed by atoms with Crippen LogP contribution in [0, 0.1) is 11.8 Å². The molecule has 0 unspecified atom stereocenters. The molecule has 1 fully saturated rings. The molecular weight excluding hydrogens is 351 g/mol. The van der Waals surface area contributed by atoms with Crippen molar-refractivity contribution in [2.75, 3.05) is 0 Å². The lowest BCUT2D eigenvalue weighted by molar-refractivity contribution is 0.296. The molecule has 2 nitrogen and oxygen atoms in total. The largest absolute Gasteiger partial charge is 0.236 e. The van der Waals surface area contributed by atoms with Crippen LogP contribution in [0.4, 0.5) is 0 Å². The Morgan fingerprint density at radius 2 is 1.76 bits per heavy atom. The summed E-state index contributed by atoms with van der Waals surface area (Å²) in [6.07, 6.45) is 16.1. The van der Waals surface area contributed by atoms with Gasteiger partial charge in [0.25, 0.3) is 0 Å². The molecule has 0 bridgehead atoms. The predicted molar refractivity (Wildman–Crippen MR) is 106 cm³/mol. The van der Waals surface area contributed by atoms with Crippen molar-refractivity contribution in [1.82, 2.24) is 9.97 Å². The zero-order valence-electron chi connectivity index (χ0n) is 14.6. The number of rotatable bonds is 5. The van der Waals surface area contributed by atoms with Crippen molar-refractivity contribution in [2.45, 2.75) is 45.4 Å². The van der Waals surface area contributed by atoms with Crippen molar-refractivity contribution < 1.29 is 0 Å². The Bertz CT molecular complexity index is 717. The molecule has 2 aromatic rings. The van der Waals surface area contributed by atoms with E-state index in [4.69, 9.17) is 23.2 Å². The molecule has 0 N–H and O–H groups in total. The van der Waals surface area contributed by atoms with Crippen LogP contribution in [0.1, 0.15) is 44.6 Å². The van der Waals surface area contributed by atoms with Crippen molar-refractivity contribution in [3.63, 3.8) is 0 Å². The zero-order valence-corrected chi connectivity index (χ0v) is 16.1. The van der Waals surface area contributed by atoms with Crippen molar-refractivity contribution in [2.24, 2.45) is 11.8 Å². The summed E-state index contributed by atoms with van der Waals surface area (Å²) in [5.74, 6) is 2.33. The average Bonchev–Trinajstić information content (AvgIpc) is 2.64. The molecule has 1 aliphatic rings. The Morgan fingerprint density at radius 1 is 1.04 bits per heavy atom. The number of nitrogens with zero attached hydrogens (tertiary/aromatic N) is 2. The van der Waals surface area contributed by atoms with Gasteiger partial charge in [0.05, 0.1) is 10.0 Å². The van der Waals surface area contributed by atoms with Gasteiger partial charge in [0.2, 0.25) is 0 Å². The second-order valence-electron chi connectivity index (χ2n) is 6.89. The molecule has 0 radical (unpaired) electrons. The van der Waals surface area contributed by atoms with E-state index in [2.05, 4.69) is 29.0 Å². The molecule has 4 heteroatoms. The van der Waals surface area contributed by atoms with Crippen LogP contribution in [0.2, 0.25) is 10.0 Å². The Balaban J connectivity index is 1.54. The fourth-order valence-electron chi connectivity index (χ4n) is 3.58. The number of benzene rings is 1. The number of hydrogen-bond acceptors (Lipinski definition) is 2. The Morgan fingerprint density at radius 3 is 2.40 bits per heavy atom. The first kappa shape index (κ1) is 18.4. The first-order valence-corrected chi connectivity index (χ1v) is 9.80. The van der Waals surface area contributed by atoms with Gasteiger partial charge in [0.1, 0.15) is 0 Å². The molecule has 0 saturated heterocycles. The minimum Gasteiger partial charge on any atom is -0.236 e. The smallest absolute Gasteiger partial charge is 0.159 e. The molecule has 3 rings (SSSR count). The van der Waals surface area contributed by atoms with Crippen LogP contribution in [0.5, 0.6) is 0 Å². The van der Waals surface area contributed by atoms with E-state index in [0.717, 1.165) is 23.8 Å². The topological polar surface area (TPSA) is 25.8 Å². The van der Waals surface area contributed by atoms with Crippen LogP contribution in [-0.4, -0.2) is 9.97 Å². The minimum atomic E-state index is 0.528. The SMILES string of the molecule is C/C=C/C1CCC(CCc2cnc(-c3ccc(Cl)c(Cl)c3)nc2)CC1. The molecule has 0 aliphatic heterocycles. The molecule has 0 spiro atoms. The van der Waals surface area contributed by atoms with Gasteiger partial charge in [0, 0.05) is 18.0 Å². The van der Waals surface area contributed by atoms with Gasteiger partial charge in [-0.15, -0.1) is 0 Å². The van der Waals surface area contributed by atoms with E-state index < -0.39 is 0 Å². The summed E-state index contributed by atoms with van der Waals surface area (Å²) in [7, 11) is 0. The highest BCUT2D eigenvalue weighted by molar-refractivity contribution is 6.42. The first-order valence-electron chi connectivity index (χ1n) is 9.05. The second-order valence-corrected chi connectivity index (χ2v) is 7.70. The van der Waals surface area contributed by atoms with E-state index in [1.54, 1.807) is 6.07 Å². The van der Waals surface area contributed by atoms with Crippen molar-refractivity contribution >= 4 is 23.2 Å². The van der Waals surface area contributed by atoms with Gasteiger partial charge in [-0.3, -0.25) is 0 Å². The third kappa shape index (κ3) is 5.05. The molecule has 1 saturated carbocycles. The molecule has 1 aromatic carbocycles. The number of aryl methyl sites for hydroxylation is 1. The van der Waals surface area contributed by atoms with Crippen LogP contribution in [0.25, 0.3) is 11.4 Å². The summed E-state index contributed by atoms with van der Waals surface area (Å²) < 4.78 is 0. The van der Waals surface area contributed by atoms with Gasteiger partial charge in [-0.05, 0) is 81.0 Å². The zero-order chi connectivity index (χ0) is 17.6. The predicted octanol–water partition coefficient (Wildman–Crippen LogP) is 6.77. The lowest BCUT2D eigenvalue weighted by Gasteiger charge is -2.26. The maximum absolute atomic E-state index is 6.07. The highest BCUT2D eigenvalue weighted by atomic mass is 35.5. The molecular formula is C21H24Cl2N2. The van der Waals surface area contributed by atoms with Gasteiger partial charge in [-0.25, -0.2) is 9.97 Å². The number of allylic oxidation sites excluding steroid dienone is 2. The van der Waals surface area contributed by atoms with Crippen LogP contribution < -0.4 is 0 Å². The molecule has 132 valence electrons. The van der Waals surface area contributed by atoms with E-state index in [-0.39, 0.29) is 0 Å². The summed E-state index contributed by atoms with van der Waals surface area (Å²) in [6, 6.07) is 5.48. The molecule has 1 heterocycles. The van der Waals surface area contributed by atoms with Crippen molar-refractivity contribution in [3.8, 4) is 11.4 Å². The minimum absolute atomic E-state index is 0.528. The van der Waals surface area contributed by atoms with E-state index in [9.17, 15) is 0 Å². The lowest BCUT2D eigenvalue weighted by Crippen LogP contribution is -2.13. The maximum atomic E-state index is 6.07. The molecule has 0 amide bonds. The number of halogens is 2. The van der Waals surface area contributed by atoms with E-state index in [0.29, 0.717) is 15.9 Å². The quantitative estimate of drug-likeness (QED) is 0.539. The van der Waals surface area contributed by atoms with Gasteiger partial charge in [0.15, 0.2) is 5.82 Å². The Hall–Kier alpha value is -1.38. The van der Waals surface area contributed by atoms with E-state index in [1.165, 1.54) is 37.7 Å². The average molecular weight is 375 g/mol. The van der Waals surface area contributed by atoms with Crippen LogP contribution in [0.15, 0.2) is 42.7 Å². The van der Waals surface area contributed by atoms with E-state index >= 15 is 0 Å². The monoisotopic (exact) mass is 374 g/mol. The standard InChI is InChI=1S/C21H24Cl2N2/c1-2-3-15-4-6-16(7-5-15)8-9-17-13-24-21(25-14-17)18-10-11-19(22)20(23)12-18/h2-3,10-16H,4-9H2,1H3/b3-2+. The Kier molecular flexibility index (Phi) is 6.50. The number of aromatic nitrogens is 2. The summed E-state index contributed by atoms with van der Waals surface area (Å²) >= 11 is 12.0. The van der Waals surface area contributed by atoms with Gasteiger partial charge in [-0.1, -0.05) is 35.4 Å². The van der Waals surface area contributed by atoms with Gasteiger partial charge >= 0.3 is 0 Å². The summed E-state index contributed by atoms with van der Waals surface area (Å²) in [6.45, 7) is 2.12. The van der Waals surface area contributed by atoms with Gasteiger partial charge < -0.3 is 0 Å². The van der Waals surface area contributed by atoms with Crippen LogP contribution in [0.3, 0.4) is 0 Å². The maximum Gasteiger partial charge on any atom is 0.159 e. The van der Waals surface area contributed by atoms with Crippen molar-refractivity contribution in [3.05, 3.63) is 58.4 Å². The summed E-state index contributed by atoms with van der Waals surface area (Å²) in [5.41, 5.74) is 2.10. The van der Waals surface area contributed by atoms with Crippen molar-refractivity contribution in [1.29, 1.82) is 0 Å². The third-order valence-corrected chi connectivity index (χ3v) is 5.82. The van der Waals surface area contributed by atoms with E-state index in [1.807, 2.05) is 24.5 Å². The second kappa shape index (κ2) is 8.82. The highest BCUT2D eigenvalue weighted by Gasteiger charge is 2.19. The summed E-state index contributed by atoms with van der Waals surface area (Å²) in [5, 5.41) is 1.08. The fourth-order valence-corrected chi connectivity index (χ4v) is 3.88. The van der Waals surface area contributed by atoms with Crippen LogP contribution >= 0.6 is 23.2 Å². The normalized spacial score (nSPS) is 20.9. The number of hydrogen-bond donors (Lipinski definition) is 0. The molecule has 0 atom stereocenters. The Labute approximate surface area is 160 Å². The highest BCUT2D eigenvalue weighted by Crippen LogP contribution is 2.32. The third-order valence-electron chi connectivity index (χ3n) is 5.08. The van der Waals surface area contributed by atoms with Crippen LogP contribution in [-0.2, 0) is 6.42 Å². The summed E-state index contributed by atoms with van der Waals surface area (Å²) in [4.78, 5) is 9.00. The molecule has 1 aromatic heterocycles. The first-order chi connectivity index (χ1) is 12.2.